The summed E-state index contributed by atoms with van der Waals surface area (Å²) in [5, 5.41) is 0.490. The molecule has 33 heavy (non-hydrogen) atoms. The molecule has 0 saturated carbocycles. The van der Waals surface area contributed by atoms with Gasteiger partial charge in [-0.05, 0) is 24.1 Å². The number of ether oxygens (including phenoxy) is 3. The SMILES string of the molecule is COC(=O)C1=C(C(=O)OC)N(c2ccc(N3CCN(C(=O)CC(C)C)CC3)c(Cl)c2)COC1. The van der Waals surface area contributed by atoms with E-state index in [2.05, 4.69) is 4.90 Å². The highest BCUT2D eigenvalue weighted by Crippen LogP contribution is 2.34. The number of amides is 1. The topological polar surface area (TPSA) is 88.6 Å². The van der Waals surface area contributed by atoms with E-state index < -0.39 is 11.9 Å². The molecule has 2 heterocycles. The highest BCUT2D eigenvalue weighted by molar-refractivity contribution is 6.33. The second kappa shape index (κ2) is 10.9. The molecule has 10 heteroatoms. The number of piperazine rings is 1. The zero-order valence-corrected chi connectivity index (χ0v) is 20.2. The average molecular weight is 480 g/mol. The van der Waals surface area contributed by atoms with E-state index in [0.717, 1.165) is 5.69 Å². The molecule has 2 aliphatic heterocycles. The van der Waals surface area contributed by atoms with Gasteiger partial charge in [0, 0.05) is 38.3 Å². The molecule has 1 aromatic carbocycles. The maximum Gasteiger partial charge on any atom is 0.355 e. The zero-order valence-electron chi connectivity index (χ0n) is 19.4. The monoisotopic (exact) mass is 479 g/mol. The van der Waals surface area contributed by atoms with E-state index in [1.807, 2.05) is 30.9 Å². The number of carbonyl (C=O) groups excluding carboxylic acids is 3. The summed E-state index contributed by atoms with van der Waals surface area (Å²) in [4.78, 5) is 42.6. The molecule has 0 spiro atoms. The fourth-order valence-electron chi connectivity index (χ4n) is 3.94. The first kappa shape index (κ1) is 24.9. The number of nitrogens with zero attached hydrogens (tertiary/aromatic N) is 3. The Labute approximate surface area is 198 Å². The van der Waals surface area contributed by atoms with E-state index in [-0.39, 0.29) is 30.5 Å². The van der Waals surface area contributed by atoms with Crippen LogP contribution in [0.15, 0.2) is 29.5 Å². The second-order valence-corrected chi connectivity index (χ2v) is 8.72. The van der Waals surface area contributed by atoms with Crippen LogP contribution >= 0.6 is 11.6 Å². The highest BCUT2D eigenvalue weighted by Gasteiger charge is 2.33. The van der Waals surface area contributed by atoms with E-state index >= 15 is 0 Å². The molecule has 0 unspecified atom stereocenters. The van der Waals surface area contributed by atoms with Crippen molar-refractivity contribution in [3.63, 3.8) is 0 Å². The third-order valence-electron chi connectivity index (χ3n) is 5.63. The van der Waals surface area contributed by atoms with Crippen molar-refractivity contribution in [2.75, 3.05) is 63.5 Å². The number of esters is 2. The van der Waals surface area contributed by atoms with Crippen molar-refractivity contribution in [3.05, 3.63) is 34.5 Å². The largest absolute Gasteiger partial charge is 0.466 e. The van der Waals surface area contributed by atoms with Gasteiger partial charge in [-0.2, -0.15) is 0 Å². The summed E-state index contributed by atoms with van der Waals surface area (Å²) >= 11 is 6.62. The van der Waals surface area contributed by atoms with E-state index in [1.54, 1.807) is 11.0 Å². The van der Waals surface area contributed by atoms with Crippen LogP contribution in [0, 0.1) is 5.92 Å². The summed E-state index contributed by atoms with van der Waals surface area (Å²) in [5.74, 6) is -0.812. The van der Waals surface area contributed by atoms with Crippen molar-refractivity contribution in [3.8, 4) is 0 Å². The Bertz CT molecular complexity index is 940. The summed E-state index contributed by atoms with van der Waals surface area (Å²) in [6, 6.07) is 5.40. The molecule has 1 amide bonds. The molecule has 0 N–H and O–H groups in total. The van der Waals surface area contributed by atoms with Crippen molar-refractivity contribution in [2.24, 2.45) is 5.92 Å². The van der Waals surface area contributed by atoms with Crippen LogP contribution in [0.3, 0.4) is 0 Å². The van der Waals surface area contributed by atoms with Crippen molar-refractivity contribution in [1.29, 1.82) is 0 Å². The van der Waals surface area contributed by atoms with Crippen LogP contribution in [-0.4, -0.2) is 76.5 Å². The van der Waals surface area contributed by atoms with Crippen molar-refractivity contribution >= 4 is 40.8 Å². The molecule has 2 aliphatic rings. The molecule has 0 radical (unpaired) electrons. The standard InChI is InChI=1S/C23H30ClN3O6/c1-15(2)11-20(28)26-9-7-25(8-10-26)19-6-5-16(12-18(19)24)27-14-33-13-17(22(29)31-3)21(27)23(30)32-4/h5-6,12,15H,7-11,13-14H2,1-4H3. The first-order valence-corrected chi connectivity index (χ1v) is 11.2. The van der Waals surface area contributed by atoms with Crippen LogP contribution in [0.25, 0.3) is 0 Å². The summed E-state index contributed by atoms with van der Waals surface area (Å²) in [6.45, 7) is 6.71. The number of hydrogen-bond donors (Lipinski definition) is 0. The summed E-state index contributed by atoms with van der Waals surface area (Å²) in [5.41, 5.74) is 1.57. The lowest BCUT2D eigenvalue weighted by atomic mass is 10.1. The summed E-state index contributed by atoms with van der Waals surface area (Å²) in [7, 11) is 2.49. The third kappa shape index (κ3) is 5.59. The van der Waals surface area contributed by atoms with Gasteiger partial charge in [0.15, 0.2) is 0 Å². The molecule has 1 fully saturated rings. The normalized spacial score (nSPS) is 16.8. The molecule has 1 saturated heterocycles. The number of hydrogen-bond acceptors (Lipinski definition) is 8. The first-order valence-electron chi connectivity index (χ1n) is 10.8. The van der Waals surface area contributed by atoms with Gasteiger partial charge in [-0.3, -0.25) is 4.79 Å². The molecule has 0 aromatic heterocycles. The first-order chi connectivity index (χ1) is 15.8. The molecule has 0 bridgehead atoms. The highest BCUT2D eigenvalue weighted by atomic mass is 35.5. The number of methoxy groups -OCH3 is 2. The van der Waals surface area contributed by atoms with Gasteiger partial charge in [-0.25, -0.2) is 9.59 Å². The molecular formula is C23H30ClN3O6. The van der Waals surface area contributed by atoms with E-state index in [9.17, 15) is 14.4 Å². The van der Waals surface area contributed by atoms with Crippen LogP contribution in [0.4, 0.5) is 11.4 Å². The summed E-state index contributed by atoms with van der Waals surface area (Å²) in [6.07, 6.45) is 0.553. The van der Waals surface area contributed by atoms with Gasteiger partial charge >= 0.3 is 11.9 Å². The van der Waals surface area contributed by atoms with Crippen LogP contribution in [0.1, 0.15) is 20.3 Å². The molecule has 9 nitrogen and oxygen atoms in total. The lowest BCUT2D eigenvalue weighted by molar-refractivity contribution is -0.140. The molecule has 180 valence electrons. The van der Waals surface area contributed by atoms with Crippen LogP contribution in [0.2, 0.25) is 5.02 Å². The Kier molecular flexibility index (Phi) is 8.20. The van der Waals surface area contributed by atoms with Gasteiger partial charge in [0.2, 0.25) is 5.91 Å². The lowest BCUT2D eigenvalue weighted by Gasteiger charge is -2.37. The molecular weight excluding hydrogens is 450 g/mol. The molecule has 1 aromatic rings. The molecule has 3 rings (SSSR count). The van der Waals surface area contributed by atoms with Gasteiger partial charge in [-0.15, -0.1) is 0 Å². The predicted octanol–water partition coefficient (Wildman–Crippen LogP) is 2.43. The Hall–Kier alpha value is -2.78. The quantitative estimate of drug-likeness (QED) is 0.575. The van der Waals surface area contributed by atoms with Crippen molar-refractivity contribution in [2.45, 2.75) is 20.3 Å². The van der Waals surface area contributed by atoms with Gasteiger partial charge in [0.05, 0.1) is 37.1 Å². The fraction of sp³-hybridized carbons (Fsp3) is 0.522. The Balaban J connectivity index is 1.80. The molecule has 0 aliphatic carbocycles. The van der Waals surface area contributed by atoms with Crippen LogP contribution in [-0.2, 0) is 28.6 Å². The predicted molar refractivity (Wildman–Crippen MR) is 124 cm³/mol. The Morgan fingerprint density at radius 1 is 1.06 bits per heavy atom. The molecule has 0 atom stereocenters. The van der Waals surface area contributed by atoms with Crippen LogP contribution in [0.5, 0.6) is 0 Å². The number of anilines is 2. The average Bonchev–Trinajstić information content (AvgIpc) is 2.82. The Morgan fingerprint density at radius 2 is 1.73 bits per heavy atom. The lowest BCUT2D eigenvalue weighted by Crippen LogP contribution is -2.49. The smallest absolute Gasteiger partial charge is 0.355 e. The van der Waals surface area contributed by atoms with Crippen molar-refractivity contribution in [1.82, 2.24) is 4.90 Å². The van der Waals surface area contributed by atoms with Crippen LogP contribution < -0.4 is 9.80 Å². The third-order valence-corrected chi connectivity index (χ3v) is 5.93. The van der Waals surface area contributed by atoms with Crippen molar-refractivity contribution < 1.29 is 28.6 Å². The maximum atomic E-state index is 12.5. The minimum absolute atomic E-state index is 0.0528. The minimum Gasteiger partial charge on any atom is -0.466 e. The van der Waals surface area contributed by atoms with E-state index in [4.69, 9.17) is 25.8 Å². The number of rotatable bonds is 6. The maximum absolute atomic E-state index is 12.5. The van der Waals surface area contributed by atoms with Gasteiger partial charge in [0.25, 0.3) is 0 Å². The van der Waals surface area contributed by atoms with Gasteiger partial charge in [0.1, 0.15) is 12.4 Å². The Morgan fingerprint density at radius 3 is 2.30 bits per heavy atom. The second-order valence-electron chi connectivity index (χ2n) is 8.32. The van der Waals surface area contributed by atoms with E-state index in [1.165, 1.54) is 14.2 Å². The van der Waals surface area contributed by atoms with E-state index in [0.29, 0.717) is 49.2 Å². The number of benzene rings is 1. The summed E-state index contributed by atoms with van der Waals surface area (Å²) < 4.78 is 15.2. The van der Waals surface area contributed by atoms with Gasteiger partial charge < -0.3 is 28.9 Å². The minimum atomic E-state index is -0.666. The number of carbonyl (C=O) groups is 3. The number of halogens is 1. The van der Waals surface area contributed by atoms with Gasteiger partial charge in [-0.1, -0.05) is 25.4 Å². The zero-order chi connectivity index (χ0) is 24.1. The fourth-order valence-corrected chi connectivity index (χ4v) is 4.24.